The molecule has 3 rings (SSSR count). The second-order valence-corrected chi connectivity index (χ2v) is 7.31. The molecule has 1 fully saturated rings. The van der Waals surface area contributed by atoms with Gasteiger partial charge in [-0.1, -0.05) is 0 Å². The Morgan fingerprint density at radius 2 is 2.23 bits per heavy atom. The van der Waals surface area contributed by atoms with Crippen LogP contribution in [0.5, 0.6) is 0 Å². The molecule has 1 unspecified atom stereocenters. The second-order valence-electron chi connectivity index (χ2n) is 6.50. The van der Waals surface area contributed by atoms with Gasteiger partial charge in [0.25, 0.3) is 0 Å². The molecule has 1 aliphatic heterocycles. The van der Waals surface area contributed by atoms with Crippen LogP contribution in [0.25, 0.3) is 11.1 Å². The van der Waals surface area contributed by atoms with E-state index in [0.717, 1.165) is 34.3 Å². The Balaban J connectivity index is 1.86. The van der Waals surface area contributed by atoms with E-state index in [-0.39, 0.29) is 12.1 Å². The van der Waals surface area contributed by atoms with E-state index < -0.39 is 5.60 Å². The number of carbonyl (C=O) groups excluding carboxylic acids is 1. The Bertz CT molecular complexity index is 705. The SMILES string of the molecule is CC(C)(C)OC(=O)N1CCCC1c1cc2nc(Br)ccc2o1. The molecule has 3 heterocycles. The van der Waals surface area contributed by atoms with Gasteiger partial charge in [-0.25, -0.2) is 9.78 Å². The molecule has 5 nitrogen and oxygen atoms in total. The quantitative estimate of drug-likeness (QED) is 0.688. The van der Waals surface area contributed by atoms with E-state index in [0.29, 0.717) is 6.54 Å². The van der Waals surface area contributed by atoms with Gasteiger partial charge in [-0.15, -0.1) is 0 Å². The first-order chi connectivity index (χ1) is 10.3. The van der Waals surface area contributed by atoms with Crippen molar-refractivity contribution in [3.8, 4) is 0 Å². The second kappa shape index (κ2) is 5.57. The molecule has 1 amide bonds. The zero-order chi connectivity index (χ0) is 15.9. The van der Waals surface area contributed by atoms with Gasteiger partial charge in [-0.3, -0.25) is 4.90 Å². The number of amides is 1. The van der Waals surface area contributed by atoms with Crippen molar-refractivity contribution >= 4 is 33.1 Å². The Labute approximate surface area is 137 Å². The maximum Gasteiger partial charge on any atom is 0.410 e. The highest BCUT2D eigenvalue weighted by molar-refractivity contribution is 9.10. The average molecular weight is 367 g/mol. The molecule has 1 aliphatic rings. The zero-order valence-corrected chi connectivity index (χ0v) is 14.5. The highest BCUT2D eigenvalue weighted by Crippen LogP contribution is 2.35. The standard InChI is InChI=1S/C16H19BrN2O3/c1-16(2,3)22-15(20)19-8-4-5-11(19)13-9-10-12(21-13)6-7-14(17)18-10/h6-7,9,11H,4-5,8H2,1-3H3. The van der Waals surface area contributed by atoms with Crippen molar-refractivity contribution in [2.24, 2.45) is 0 Å². The van der Waals surface area contributed by atoms with E-state index in [1.807, 2.05) is 39.0 Å². The van der Waals surface area contributed by atoms with Crippen molar-refractivity contribution in [1.29, 1.82) is 0 Å². The number of rotatable bonds is 1. The number of hydrogen-bond acceptors (Lipinski definition) is 4. The molecule has 118 valence electrons. The maximum absolute atomic E-state index is 12.4. The molecule has 0 bridgehead atoms. The molecular formula is C16H19BrN2O3. The Kier molecular flexibility index (Phi) is 3.89. The van der Waals surface area contributed by atoms with Gasteiger partial charge in [0.05, 0.1) is 6.04 Å². The predicted octanol–water partition coefficient (Wildman–Crippen LogP) is 4.66. The molecule has 0 saturated carbocycles. The molecule has 6 heteroatoms. The normalized spacial score (nSPS) is 18.9. The summed E-state index contributed by atoms with van der Waals surface area (Å²) in [6.45, 7) is 6.31. The summed E-state index contributed by atoms with van der Waals surface area (Å²) in [6, 6.07) is 5.55. The fraction of sp³-hybridized carbons (Fsp3) is 0.500. The van der Waals surface area contributed by atoms with Crippen molar-refractivity contribution < 1.29 is 13.9 Å². The van der Waals surface area contributed by atoms with E-state index in [1.165, 1.54) is 0 Å². The van der Waals surface area contributed by atoms with Crippen molar-refractivity contribution in [2.75, 3.05) is 6.54 Å². The summed E-state index contributed by atoms with van der Waals surface area (Å²) in [5, 5.41) is 0. The van der Waals surface area contributed by atoms with Crippen molar-refractivity contribution in [3.63, 3.8) is 0 Å². The monoisotopic (exact) mass is 366 g/mol. The van der Waals surface area contributed by atoms with Crippen LogP contribution in [0.3, 0.4) is 0 Å². The molecule has 1 atom stereocenters. The topological polar surface area (TPSA) is 55.6 Å². The molecule has 2 aromatic rings. The van der Waals surface area contributed by atoms with E-state index in [4.69, 9.17) is 9.15 Å². The number of nitrogens with zero attached hydrogens (tertiary/aromatic N) is 2. The molecular weight excluding hydrogens is 348 g/mol. The van der Waals surface area contributed by atoms with Gasteiger partial charge in [-0.2, -0.15) is 0 Å². The molecule has 22 heavy (non-hydrogen) atoms. The van der Waals surface area contributed by atoms with E-state index in [2.05, 4.69) is 20.9 Å². The Morgan fingerprint density at radius 3 is 2.95 bits per heavy atom. The summed E-state index contributed by atoms with van der Waals surface area (Å²) >= 11 is 3.36. The van der Waals surface area contributed by atoms with E-state index in [1.54, 1.807) is 4.90 Å². The lowest BCUT2D eigenvalue weighted by atomic mass is 10.1. The smallest absolute Gasteiger partial charge is 0.410 e. The molecule has 1 saturated heterocycles. The first-order valence-corrected chi connectivity index (χ1v) is 8.18. The molecule has 2 aromatic heterocycles. The molecule has 0 spiro atoms. The molecule has 0 aromatic carbocycles. The fourth-order valence-electron chi connectivity index (χ4n) is 2.68. The maximum atomic E-state index is 12.4. The van der Waals surface area contributed by atoms with Crippen LogP contribution < -0.4 is 0 Å². The number of fused-ring (bicyclic) bond motifs is 1. The highest BCUT2D eigenvalue weighted by atomic mass is 79.9. The number of furan rings is 1. The number of pyridine rings is 1. The number of aromatic nitrogens is 1. The van der Waals surface area contributed by atoms with Crippen LogP contribution in [0.1, 0.15) is 45.4 Å². The van der Waals surface area contributed by atoms with Crippen molar-refractivity contribution in [3.05, 3.63) is 28.6 Å². The lowest BCUT2D eigenvalue weighted by molar-refractivity contribution is 0.0209. The average Bonchev–Trinajstić information content (AvgIpc) is 3.01. The minimum Gasteiger partial charge on any atom is -0.457 e. The number of ether oxygens (including phenoxy) is 1. The third-order valence-corrected chi connectivity index (χ3v) is 4.01. The van der Waals surface area contributed by atoms with Crippen LogP contribution in [0.2, 0.25) is 0 Å². The van der Waals surface area contributed by atoms with Gasteiger partial charge in [0.1, 0.15) is 21.5 Å². The van der Waals surface area contributed by atoms with E-state index >= 15 is 0 Å². The molecule has 0 aliphatic carbocycles. The third kappa shape index (κ3) is 3.11. The predicted molar refractivity (Wildman–Crippen MR) is 86.6 cm³/mol. The minimum atomic E-state index is -0.496. The minimum absolute atomic E-state index is 0.0807. The zero-order valence-electron chi connectivity index (χ0n) is 12.9. The van der Waals surface area contributed by atoms with Gasteiger partial charge in [0.15, 0.2) is 5.58 Å². The molecule has 0 radical (unpaired) electrons. The van der Waals surface area contributed by atoms with E-state index in [9.17, 15) is 4.79 Å². The highest BCUT2D eigenvalue weighted by Gasteiger charge is 2.35. The summed E-state index contributed by atoms with van der Waals surface area (Å²) in [5.41, 5.74) is 1.03. The lowest BCUT2D eigenvalue weighted by Crippen LogP contribution is -2.36. The van der Waals surface area contributed by atoms with Gasteiger partial charge in [-0.05, 0) is 61.7 Å². The van der Waals surface area contributed by atoms with Gasteiger partial charge in [0, 0.05) is 12.6 Å². The Hall–Kier alpha value is -1.56. The summed E-state index contributed by atoms with van der Waals surface area (Å²) < 4.78 is 12.1. The number of likely N-dealkylation sites (tertiary alicyclic amines) is 1. The number of hydrogen-bond donors (Lipinski definition) is 0. The summed E-state index contributed by atoms with van der Waals surface area (Å²) in [5.74, 6) is 0.768. The summed E-state index contributed by atoms with van der Waals surface area (Å²) in [6.07, 6.45) is 1.53. The van der Waals surface area contributed by atoms with Crippen molar-refractivity contribution in [1.82, 2.24) is 9.88 Å². The summed E-state index contributed by atoms with van der Waals surface area (Å²) in [7, 11) is 0. The van der Waals surface area contributed by atoms with Crippen LogP contribution in [-0.2, 0) is 4.74 Å². The van der Waals surface area contributed by atoms with Crippen molar-refractivity contribution in [2.45, 2.75) is 45.3 Å². The third-order valence-electron chi connectivity index (χ3n) is 3.57. The van der Waals surface area contributed by atoms with Crippen LogP contribution in [0, 0.1) is 0 Å². The van der Waals surface area contributed by atoms with Crippen LogP contribution in [0.15, 0.2) is 27.2 Å². The Morgan fingerprint density at radius 1 is 1.45 bits per heavy atom. The van der Waals surface area contributed by atoms with Gasteiger partial charge >= 0.3 is 6.09 Å². The lowest BCUT2D eigenvalue weighted by Gasteiger charge is -2.27. The largest absolute Gasteiger partial charge is 0.457 e. The van der Waals surface area contributed by atoms with Crippen LogP contribution in [0.4, 0.5) is 4.79 Å². The first kappa shape index (κ1) is 15.3. The van der Waals surface area contributed by atoms with Gasteiger partial charge in [0.2, 0.25) is 0 Å². The number of halogens is 1. The van der Waals surface area contributed by atoms with Crippen LogP contribution in [-0.4, -0.2) is 28.1 Å². The fourth-order valence-corrected chi connectivity index (χ4v) is 3.01. The van der Waals surface area contributed by atoms with Crippen LogP contribution >= 0.6 is 15.9 Å². The first-order valence-electron chi connectivity index (χ1n) is 7.39. The number of carbonyl (C=O) groups is 1. The van der Waals surface area contributed by atoms with Gasteiger partial charge < -0.3 is 9.15 Å². The molecule has 0 N–H and O–H groups in total. The summed E-state index contributed by atoms with van der Waals surface area (Å²) in [4.78, 5) is 18.5.